The van der Waals surface area contributed by atoms with Crippen molar-refractivity contribution in [2.45, 2.75) is 12.6 Å². The van der Waals surface area contributed by atoms with E-state index in [9.17, 15) is 0 Å². The summed E-state index contributed by atoms with van der Waals surface area (Å²) in [6.07, 6.45) is 0. The number of likely N-dealkylation sites (N-methyl/N-ethyl adjacent to an activating group) is 1. The summed E-state index contributed by atoms with van der Waals surface area (Å²) in [5.74, 6) is 0.887. The van der Waals surface area contributed by atoms with E-state index >= 15 is 0 Å². The van der Waals surface area contributed by atoms with Gasteiger partial charge in [-0.15, -0.1) is 5.10 Å². The van der Waals surface area contributed by atoms with Gasteiger partial charge in [-0.1, -0.05) is 16.6 Å². The Balaban J connectivity index is 1.99. The number of benzene rings is 1. The molecule has 2 rings (SSSR count). The van der Waals surface area contributed by atoms with Gasteiger partial charge >= 0.3 is 0 Å². The molecule has 1 N–H and O–H groups in total. The molecule has 6 heteroatoms. The summed E-state index contributed by atoms with van der Waals surface area (Å²) in [5.41, 5.74) is 2.22. The van der Waals surface area contributed by atoms with Crippen LogP contribution in [0.5, 0.6) is 5.75 Å². The van der Waals surface area contributed by atoms with Crippen molar-refractivity contribution in [2.75, 3.05) is 27.7 Å². The van der Waals surface area contributed by atoms with Gasteiger partial charge in [0.2, 0.25) is 0 Å². The van der Waals surface area contributed by atoms with Crippen LogP contribution in [0.15, 0.2) is 29.6 Å². The zero-order chi connectivity index (χ0) is 14.4. The number of ether oxygens (including phenoxy) is 1. The molecule has 0 saturated heterocycles. The average Bonchev–Trinajstić information content (AvgIpc) is 2.96. The van der Waals surface area contributed by atoms with Gasteiger partial charge in [-0.3, -0.25) is 0 Å². The smallest absolute Gasteiger partial charge is 0.119 e. The first-order chi connectivity index (χ1) is 9.70. The topological polar surface area (TPSA) is 50.3 Å². The molecule has 1 unspecified atom stereocenters. The molecular formula is C14H20N4OS. The Kier molecular flexibility index (Phi) is 5.46. The minimum atomic E-state index is 0.289. The summed E-state index contributed by atoms with van der Waals surface area (Å²) in [6, 6.07) is 8.48. The van der Waals surface area contributed by atoms with Crippen LogP contribution in [0.1, 0.15) is 17.3 Å². The van der Waals surface area contributed by atoms with E-state index in [1.807, 2.05) is 17.5 Å². The van der Waals surface area contributed by atoms with Gasteiger partial charge in [-0.05, 0) is 43.3 Å². The second-order valence-electron chi connectivity index (χ2n) is 4.78. The molecule has 1 aromatic heterocycles. The summed E-state index contributed by atoms with van der Waals surface area (Å²) in [6.45, 7) is 1.59. The maximum Gasteiger partial charge on any atom is 0.119 e. The van der Waals surface area contributed by atoms with Crippen molar-refractivity contribution in [3.8, 4) is 5.75 Å². The van der Waals surface area contributed by atoms with E-state index in [0.29, 0.717) is 0 Å². The molecule has 2 aromatic rings. The van der Waals surface area contributed by atoms with E-state index in [1.54, 1.807) is 7.11 Å². The van der Waals surface area contributed by atoms with Crippen LogP contribution < -0.4 is 10.1 Å². The zero-order valence-electron chi connectivity index (χ0n) is 12.0. The molecule has 20 heavy (non-hydrogen) atoms. The molecule has 0 spiro atoms. The summed E-state index contributed by atoms with van der Waals surface area (Å²) in [4.78, 5) is 2.20. The van der Waals surface area contributed by atoms with Crippen LogP contribution >= 0.6 is 11.5 Å². The van der Waals surface area contributed by atoms with Crippen LogP contribution in [-0.2, 0) is 6.54 Å². The minimum absolute atomic E-state index is 0.289. The van der Waals surface area contributed by atoms with Gasteiger partial charge in [-0.25, -0.2) is 0 Å². The molecule has 0 aliphatic rings. The summed E-state index contributed by atoms with van der Waals surface area (Å²) < 4.78 is 9.15. The summed E-state index contributed by atoms with van der Waals surface area (Å²) in [5, 5.41) is 9.42. The van der Waals surface area contributed by atoms with E-state index in [1.165, 1.54) is 17.1 Å². The van der Waals surface area contributed by atoms with E-state index in [4.69, 9.17) is 4.74 Å². The fourth-order valence-corrected chi connectivity index (χ4v) is 2.50. The summed E-state index contributed by atoms with van der Waals surface area (Å²) in [7, 11) is 5.85. The lowest BCUT2D eigenvalue weighted by molar-refractivity contribution is 0.287. The van der Waals surface area contributed by atoms with Crippen LogP contribution in [0.3, 0.4) is 0 Å². The van der Waals surface area contributed by atoms with E-state index < -0.39 is 0 Å². The van der Waals surface area contributed by atoms with Crippen molar-refractivity contribution in [1.29, 1.82) is 0 Å². The number of methoxy groups -OCH3 is 1. The molecule has 108 valence electrons. The molecule has 5 nitrogen and oxygen atoms in total. The van der Waals surface area contributed by atoms with Crippen LogP contribution in [-0.4, -0.2) is 42.2 Å². The Morgan fingerprint density at radius 2 is 2.25 bits per heavy atom. The van der Waals surface area contributed by atoms with Gasteiger partial charge in [0.05, 0.1) is 12.8 Å². The van der Waals surface area contributed by atoms with Gasteiger partial charge in [0.1, 0.15) is 5.75 Å². The van der Waals surface area contributed by atoms with Crippen LogP contribution in [0.2, 0.25) is 0 Å². The molecule has 0 aliphatic carbocycles. The molecule has 1 aromatic carbocycles. The van der Waals surface area contributed by atoms with Crippen LogP contribution in [0, 0.1) is 0 Å². The number of hydrogen-bond acceptors (Lipinski definition) is 6. The predicted molar refractivity (Wildman–Crippen MR) is 81.0 cm³/mol. The highest BCUT2D eigenvalue weighted by Crippen LogP contribution is 2.22. The average molecular weight is 292 g/mol. The molecule has 1 atom stereocenters. The van der Waals surface area contributed by atoms with Crippen LogP contribution in [0.25, 0.3) is 0 Å². The summed E-state index contributed by atoms with van der Waals surface area (Å²) >= 11 is 1.38. The highest BCUT2D eigenvalue weighted by molar-refractivity contribution is 7.03. The Hall–Kier alpha value is -1.50. The van der Waals surface area contributed by atoms with E-state index in [-0.39, 0.29) is 6.04 Å². The zero-order valence-corrected chi connectivity index (χ0v) is 12.9. The lowest BCUT2D eigenvalue weighted by atomic mass is 10.1. The third-order valence-electron chi connectivity index (χ3n) is 3.15. The van der Waals surface area contributed by atoms with Crippen molar-refractivity contribution < 1.29 is 4.74 Å². The maximum atomic E-state index is 5.29. The maximum absolute atomic E-state index is 5.29. The molecule has 0 saturated carbocycles. The lowest BCUT2D eigenvalue weighted by Gasteiger charge is -2.25. The van der Waals surface area contributed by atoms with Crippen LogP contribution in [0.4, 0.5) is 0 Å². The highest BCUT2D eigenvalue weighted by Gasteiger charge is 2.14. The SMILES string of the molecule is COc1cccc(C(CNCc2csnn2)N(C)C)c1. The lowest BCUT2D eigenvalue weighted by Crippen LogP contribution is -2.30. The Bertz CT molecular complexity index is 516. The standard InChI is InChI=1S/C14H20N4OS/c1-18(2)14(9-15-8-12-10-20-17-16-12)11-5-4-6-13(7-11)19-3/h4-7,10,14-15H,8-9H2,1-3H3. The van der Waals surface area contributed by atoms with Gasteiger partial charge in [0.15, 0.2) is 0 Å². The van der Waals surface area contributed by atoms with Crippen molar-refractivity contribution in [3.05, 3.63) is 40.9 Å². The molecule has 1 heterocycles. The van der Waals surface area contributed by atoms with Crippen molar-refractivity contribution in [3.63, 3.8) is 0 Å². The number of hydrogen-bond donors (Lipinski definition) is 1. The quantitative estimate of drug-likeness (QED) is 0.845. The molecule has 0 radical (unpaired) electrons. The predicted octanol–water partition coefficient (Wildman–Crippen LogP) is 1.94. The molecule has 0 fully saturated rings. The molecular weight excluding hydrogens is 272 g/mol. The number of nitrogens with zero attached hydrogens (tertiary/aromatic N) is 3. The van der Waals surface area contributed by atoms with Gasteiger partial charge in [0, 0.05) is 24.5 Å². The third-order valence-corrected chi connectivity index (χ3v) is 3.70. The first-order valence-electron chi connectivity index (χ1n) is 6.47. The van der Waals surface area contributed by atoms with Gasteiger partial charge in [-0.2, -0.15) is 0 Å². The second kappa shape index (κ2) is 7.33. The molecule has 0 amide bonds. The number of aromatic nitrogens is 2. The molecule has 0 aliphatic heterocycles. The van der Waals surface area contributed by atoms with Crippen molar-refractivity contribution in [2.24, 2.45) is 0 Å². The number of nitrogens with one attached hydrogen (secondary N) is 1. The fourth-order valence-electron chi connectivity index (χ4n) is 2.05. The Labute approximate surface area is 123 Å². The third kappa shape index (κ3) is 4.00. The van der Waals surface area contributed by atoms with E-state index in [0.717, 1.165) is 24.5 Å². The first kappa shape index (κ1) is 14.9. The van der Waals surface area contributed by atoms with E-state index in [2.05, 4.69) is 46.0 Å². The normalized spacial score (nSPS) is 12.6. The Morgan fingerprint density at radius 3 is 2.90 bits per heavy atom. The number of rotatable bonds is 7. The largest absolute Gasteiger partial charge is 0.497 e. The van der Waals surface area contributed by atoms with Crippen molar-refractivity contribution >= 4 is 11.5 Å². The minimum Gasteiger partial charge on any atom is -0.497 e. The fraction of sp³-hybridized carbons (Fsp3) is 0.429. The molecule has 0 bridgehead atoms. The van der Waals surface area contributed by atoms with Crippen molar-refractivity contribution in [1.82, 2.24) is 19.8 Å². The van der Waals surface area contributed by atoms with Gasteiger partial charge < -0.3 is 15.0 Å². The Morgan fingerprint density at radius 1 is 1.40 bits per heavy atom. The highest BCUT2D eigenvalue weighted by atomic mass is 32.1. The first-order valence-corrected chi connectivity index (χ1v) is 7.31. The van der Waals surface area contributed by atoms with Gasteiger partial charge in [0.25, 0.3) is 0 Å². The second-order valence-corrected chi connectivity index (χ2v) is 5.39. The monoisotopic (exact) mass is 292 g/mol.